The summed E-state index contributed by atoms with van der Waals surface area (Å²) in [5.74, 6) is -0.712. The molecule has 0 saturated heterocycles. The molecule has 0 radical (unpaired) electrons. The molecule has 2 aromatic carbocycles. The number of hydrogen-bond donors (Lipinski definition) is 3. The molecule has 0 fully saturated rings. The van der Waals surface area contributed by atoms with Crippen LogP contribution in [0.4, 0.5) is 16.2 Å². The van der Waals surface area contributed by atoms with Crippen molar-refractivity contribution >= 4 is 56.5 Å². The van der Waals surface area contributed by atoms with Gasteiger partial charge in [-0.3, -0.25) is 0 Å². The first kappa shape index (κ1) is 17.6. The van der Waals surface area contributed by atoms with Gasteiger partial charge in [0.05, 0.1) is 27.2 Å². The summed E-state index contributed by atoms with van der Waals surface area (Å²) in [4.78, 5) is 11.9. The maximum Gasteiger partial charge on any atom is 0.323 e. The molecule has 0 aliphatic carbocycles. The molecule has 2 amide bonds. The van der Waals surface area contributed by atoms with E-state index >= 15 is 0 Å². The number of urea groups is 1. The monoisotopic (exact) mass is 398 g/mol. The molecule has 0 unspecified atom stereocenters. The lowest BCUT2D eigenvalue weighted by atomic mass is 10.1. The number of aromatic hydroxyl groups is 1. The van der Waals surface area contributed by atoms with Gasteiger partial charge >= 0.3 is 6.03 Å². The molecular formula is C16H12Cl2N2O4S. The van der Waals surface area contributed by atoms with Crippen molar-refractivity contribution in [3.05, 3.63) is 52.0 Å². The lowest BCUT2D eigenvalue weighted by Crippen LogP contribution is -2.20. The largest absolute Gasteiger partial charge is 0.504 e. The van der Waals surface area contributed by atoms with Crippen LogP contribution in [-0.4, -0.2) is 25.3 Å². The zero-order valence-electron chi connectivity index (χ0n) is 12.6. The number of amides is 2. The number of carbonyl (C=O) groups is 1. The number of rotatable bonds is 2. The zero-order chi connectivity index (χ0) is 18.2. The lowest BCUT2D eigenvalue weighted by molar-refractivity contribution is 0.262. The highest BCUT2D eigenvalue weighted by molar-refractivity contribution is 7.91. The van der Waals surface area contributed by atoms with Gasteiger partial charge in [-0.1, -0.05) is 47.5 Å². The number of phenols is 1. The first-order valence-corrected chi connectivity index (χ1v) is 9.47. The van der Waals surface area contributed by atoms with E-state index in [1.165, 1.54) is 18.2 Å². The van der Waals surface area contributed by atoms with Crippen LogP contribution in [0.3, 0.4) is 0 Å². The molecule has 130 valence electrons. The molecule has 1 heterocycles. The van der Waals surface area contributed by atoms with E-state index in [-0.39, 0.29) is 32.1 Å². The average Bonchev–Trinajstić information content (AvgIpc) is 2.54. The van der Waals surface area contributed by atoms with Gasteiger partial charge in [0.1, 0.15) is 4.90 Å². The molecule has 0 saturated carbocycles. The second-order valence-electron chi connectivity index (χ2n) is 5.24. The number of phenolic OH excluding ortho intramolecular Hbond substituents is 1. The van der Waals surface area contributed by atoms with E-state index in [1.54, 1.807) is 24.3 Å². The normalized spacial score (nSPS) is 14.6. The SMILES string of the molecule is O=C(Nc1ccc2c(c1O)S(=O)(=O)CC=C2)Nc1cccc(Cl)c1Cl. The minimum Gasteiger partial charge on any atom is -0.504 e. The second-order valence-corrected chi connectivity index (χ2v) is 8.00. The van der Waals surface area contributed by atoms with Gasteiger partial charge in [-0.15, -0.1) is 0 Å². The topological polar surface area (TPSA) is 95.5 Å². The third kappa shape index (κ3) is 3.44. The van der Waals surface area contributed by atoms with Crippen molar-refractivity contribution < 1.29 is 18.3 Å². The van der Waals surface area contributed by atoms with E-state index in [1.807, 2.05) is 0 Å². The lowest BCUT2D eigenvalue weighted by Gasteiger charge is -2.16. The van der Waals surface area contributed by atoms with Crippen LogP contribution in [0.1, 0.15) is 5.56 Å². The van der Waals surface area contributed by atoms with Crippen molar-refractivity contribution in [2.24, 2.45) is 0 Å². The predicted octanol–water partition coefficient (Wildman–Crippen LogP) is 4.14. The highest BCUT2D eigenvalue weighted by Gasteiger charge is 2.26. The molecule has 3 rings (SSSR count). The van der Waals surface area contributed by atoms with E-state index in [0.29, 0.717) is 5.56 Å². The molecule has 0 atom stereocenters. The van der Waals surface area contributed by atoms with Gasteiger partial charge in [0.2, 0.25) is 0 Å². The van der Waals surface area contributed by atoms with Crippen molar-refractivity contribution in [3.63, 3.8) is 0 Å². The number of benzene rings is 2. The molecule has 25 heavy (non-hydrogen) atoms. The van der Waals surface area contributed by atoms with Gasteiger partial charge in [-0.25, -0.2) is 13.2 Å². The van der Waals surface area contributed by atoms with E-state index < -0.39 is 21.6 Å². The van der Waals surface area contributed by atoms with Crippen LogP contribution in [0.15, 0.2) is 41.3 Å². The fraction of sp³-hybridized carbons (Fsp3) is 0.0625. The molecule has 2 aromatic rings. The fourth-order valence-electron chi connectivity index (χ4n) is 2.41. The summed E-state index contributed by atoms with van der Waals surface area (Å²) in [5.41, 5.74) is 0.612. The summed E-state index contributed by atoms with van der Waals surface area (Å²) >= 11 is 11.9. The molecule has 9 heteroatoms. The van der Waals surface area contributed by atoms with Crippen LogP contribution >= 0.6 is 23.2 Å². The summed E-state index contributed by atoms with van der Waals surface area (Å²) < 4.78 is 24.3. The van der Waals surface area contributed by atoms with Crippen molar-refractivity contribution in [1.29, 1.82) is 0 Å². The Balaban J connectivity index is 1.88. The Morgan fingerprint density at radius 2 is 1.80 bits per heavy atom. The molecular weight excluding hydrogens is 387 g/mol. The van der Waals surface area contributed by atoms with E-state index in [4.69, 9.17) is 23.2 Å². The minimum absolute atomic E-state index is 0.0340. The quantitative estimate of drug-likeness (QED) is 0.662. The Bertz CT molecular complexity index is 1000. The van der Waals surface area contributed by atoms with E-state index in [0.717, 1.165) is 0 Å². The maximum atomic E-state index is 12.1. The van der Waals surface area contributed by atoms with E-state index in [9.17, 15) is 18.3 Å². The summed E-state index contributed by atoms with van der Waals surface area (Å²) in [6.07, 6.45) is 3.10. The Morgan fingerprint density at radius 3 is 2.56 bits per heavy atom. The summed E-state index contributed by atoms with van der Waals surface area (Å²) in [6.45, 7) is 0. The fourth-order valence-corrected chi connectivity index (χ4v) is 4.17. The highest BCUT2D eigenvalue weighted by atomic mass is 35.5. The van der Waals surface area contributed by atoms with Crippen LogP contribution < -0.4 is 10.6 Å². The minimum atomic E-state index is -3.65. The van der Waals surface area contributed by atoms with Crippen LogP contribution in [-0.2, 0) is 9.84 Å². The van der Waals surface area contributed by atoms with Crippen molar-refractivity contribution in [3.8, 4) is 5.75 Å². The van der Waals surface area contributed by atoms with Gasteiger partial charge in [0.25, 0.3) is 0 Å². The Hall–Kier alpha value is -2.22. The van der Waals surface area contributed by atoms with Gasteiger partial charge < -0.3 is 15.7 Å². The number of hydrogen-bond acceptors (Lipinski definition) is 4. The standard InChI is InChI=1S/C16H12Cl2N2O4S/c17-10-4-1-5-11(13(10)18)19-16(22)20-12-7-6-9-3-2-8-25(23,24)15(9)14(12)21/h1-7,21H,8H2,(H2,19,20,22). The molecule has 1 aliphatic rings. The number of halogens is 2. The molecule has 6 nitrogen and oxygen atoms in total. The maximum absolute atomic E-state index is 12.1. The smallest absolute Gasteiger partial charge is 0.323 e. The van der Waals surface area contributed by atoms with Crippen molar-refractivity contribution in [2.75, 3.05) is 16.4 Å². The van der Waals surface area contributed by atoms with Crippen LogP contribution in [0.25, 0.3) is 6.08 Å². The average molecular weight is 399 g/mol. The number of nitrogens with one attached hydrogen (secondary N) is 2. The number of sulfone groups is 1. The summed E-state index contributed by atoms with van der Waals surface area (Å²) in [5, 5.41) is 15.6. The number of anilines is 2. The highest BCUT2D eigenvalue weighted by Crippen LogP contribution is 2.37. The van der Waals surface area contributed by atoms with Crippen LogP contribution in [0.5, 0.6) is 5.75 Å². The van der Waals surface area contributed by atoms with Crippen LogP contribution in [0, 0.1) is 0 Å². The van der Waals surface area contributed by atoms with Gasteiger partial charge in [0.15, 0.2) is 15.6 Å². The molecule has 0 aromatic heterocycles. The Labute approximate surface area is 154 Å². The van der Waals surface area contributed by atoms with E-state index in [2.05, 4.69) is 10.6 Å². The predicted molar refractivity (Wildman–Crippen MR) is 98.3 cm³/mol. The summed E-state index contributed by atoms with van der Waals surface area (Å²) in [7, 11) is -3.65. The summed E-state index contributed by atoms with van der Waals surface area (Å²) in [6, 6.07) is 6.95. The van der Waals surface area contributed by atoms with Crippen molar-refractivity contribution in [1.82, 2.24) is 0 Å². The van der Waals surface area contributed by atoms with Gasteiger partial charge in [0, 0.05) is 0 Å². The number of fused-ring (bicyclic) bond motifs is 1. The molecule has 0 bridgehead atoms. The zero-order valence-corrected chi connectivity index (χ0v) is 14.9. The first-order valence-electron chi connectivity index (χ1n) is 7.07. The Morgan fingerprint density at radius 1 is 1.08 bits per heavy atom. The van der Waals surface area contributed by atoms with Crippen molar-refractivity contribution in [2.45, 2.75) is 4.90 Å². The third-order valence-corrected chi connectivity index (χ3v) is 6.04. The number of carbonyl (C=O) groups excluding carboxylic acids is 1. The molecule has 1 aliphatic heterocycles. The second kappa shape index (κ2) is 6.59. The van der Waals surface area contributed by atoms with Gasteiger partial charge in [-0.2, -0.15) is 0 Å². The third-order valence-electron chi connectivity index (χ3n) is 3.53. The first-order chi connectivity index (χ1) is 11.8. The van der Waals surface area contributed by atoms with Gasteiger partial charge in [-0.05, 0) is 23.8 Å². The van der Waals surface area contributed by atoms with Crippen LogP contribution in [0.2, 0.25) is 10.0 Å². The molecule has 0 spiro atoms. The Kier molecular flexibility index (Phi) is 4.64. The molecule has 3 N–H and O–H groups in total.